The molecule has 0 spiro atoms. The molecule has 1 heterocycles. The van der Waals surface area contributed by atoms with E-state index in [0.717, 1.165) is 5.56 Å². The Morgan fingerprint density at radius 1 is 1.33 bits per heavy atom. The van der Waals surface area contributed by atoms with Crippen molar-refractivity contribution in [2.45, 2.75) is 30.6 Å². The summed E-state index contributed by atoms with van der Waals surface area (Å²) < 4.78 is 0. The van der Waals surface area contributed by atoms with Crippen molar-refractivity contribution in [2.24, 2.45) is 0 Å². The molecule has 1 aromatic rings. The molecule has 18 heavy (non-hydrogen) atoms. The molecule has 3 atom stereocenters. The Kier molecular flexibility index (Phi) is 3.65. The number of aryl methyl sites for hydroxylation is 1. The second-order valence-electron chi connectivity index (χ2n) is 4.67. The Morgan fingerprint density at radius 2 is 1.94 bits per heavy atom. The molecule has 1 aromatic carbocycles. The molecule has 1 aliphatic rings. The molecule has 0 bridgehead atoms. The first-order valence-electron chi connectivity index (χ1n) is 5.95. The quantitative estimate of drug-likeness (QED) is 0.523. The van der Waals surface area contributed by atoms with E-state index in [2.05, 4.69) is 5.32 Å². The molecular formula is C13H17NO4. The van der Waals surface area contributed by atoms with Gasteiger partial charge in [0, 0.05) is 6.54 Å². The smallest absolute Gasteiger partial charge is 0.328 e. The molecule has 0 aromatic heterocycles. The third kappa shape index (κ3) is 2.53. The van der Waals surface area contributed by atoms with Gasteiger partial charge in [0.1, 0.15) is 6.10 Å². The lowest BCUT2D eigenvalue weighted by molar-refractivity contribution is -0.146. The lowest BCUT2D eigenvalue weighted by Crippen LogP contribution is -2.47. The van der Waals surface area contributed by atoms with E-state index in [4.69, 9.17) is 5.11 Å². The average Bonchev–Trinajstić information content (AvgIpc) is 3.17. The van der Waals surface area contributed by atoms with E-state index >= 15 is 0 Å². The minimum Gasteiger partial charge on any atom is -0.480 e. The maximum absolute atomic E-state index is 11.0. The Hall–Kier alpha value is -1.43. The number of carboxylic acid groups (broad SMARTS) is 1. The lowest BCUT2D eigenvalue weighted by Gasteiger charge is -2.22. The second kappa shape index (κ2) is 5.06. The number of hydrogen-bond acceptors (Lipinski definition) is 4. The molecule has 1 fully saturated rings. The molecule has 0 radical (unpaired) electrons. The van der Waals surface area contributed by atoms with E-state index in [1.165, 1.54) is 0 Å². The predicted molar refractivity (Wildman–Crippen MR) is 65.1 cm³/mol. The highest BCUT2D eigenvalue weighted by Crippen LogP contribution is 2.26. The van der Waals surface area contributed by atoms with Crippen LogP contribution in [-0.4, -0.2) is 45.6 Å². The summed E-state index contributed by atoms with van der Waals surface area (Å²) in [5.74, 6) is -1.12. The van der Waals surface area contributed by atoms with Crippen molar-refractivity contribution >= 4 is 5.97 Å². The monoisotopic (exact) mass is 251 g/mol. The summed E-state index contributed by atoms with van der Waals surface area (Å²) >= 11 is 0. The highest BCUT2D eigenvalue weighted by Gasteiger charge is 2.57. The summed E-state index contributed by atoms with van der Waals surface area (Å²) in [6.45, 7) is 0.200. The van der Waals surface area contributed by atoms with E-state index < -0.39 is 23.7 Å². The molecule has 5 nitrogen and oxygen atoms in total. The normalized spacial score (nSPS) is 25.4. The SMILES string of the molecule is O=C(O)C1(C(O)C(O)CCc2ccccc2)CN1. The first-order valence-corrected chi connectivity index (χ1v) is 5.95. The van der Waals surface area contributed by atoms with Crippen molar-refractivity contribution in [3.63, 3.8) is 0 Å². The largest absolute Gasteiger partial charge is 0.480 e. The van der Waals surface area contributed by atoms with Crippen molar-refractivity contribution in [1.82, 2.24) is 5.32 Å². The van der Waals surface area contributed by atoms with Crippen LogP contribution in [0, 0.1) is 0 Å². The van der Waals surface area contributed by atoms with Gasteiger partial charge in [-0.05, 0) is 18.4 Å². The van der Waals surface area contributed by atoms with Gasteiger partial charge in [0.05, 0.1) is 6.10 Å². The highest BCUT2D eigenvalue weighted by atomic mass is 16.4. The molecule has 98 valence electrons. The first kappa shape index (κ1) is 13.0. The van der Waals surface area contributed by atoms with Crippen molar-refractivity contribution in [2.75, 3.05) is 6.54 Å². The maximum Gasteiger partial charge on any atom is 0.328 e. The molecular weight excluding hydrogens is 234 g/mol. The van der Waals surface area contributed by atoms with Gasteiger partial charge in [-0.15, -0.1) is 0 Å². The number of benzene rings is 1. The Labute approximate surface area is 105 Å². The molecule has 2 rings (SSSR count). The molecule has 0 amide bonds. The van der Waals surface area contributed by atoms with Crippen LogP contribution in [0.5, 0.6) is 0 Å². The van der Waals surface area contributed by atoms with Gasteiger partial charge in [-0.3, -0.25) is 10.1 Å². The van der Waals surface area contributed by atoms with Crippen molar-refractivity contribution in [1.29, 1.82) is 0 Å². The van der Waals surface area contributed by atoms with Crippen molar-refractivity contribution in [3.05, 3.63) is 35.9 Å². The van der Waals surface area contributed by atoms with E-state index in [1.807, 2.05) is 30.3 Å². The Morgan fingerprint density at radius 3 is 2.44 bits per heavy atom. The van der Waals surface area contributed by atoms with E-state index in [9.17, 15) is 15.0 Å². The summed E-state index contributed by atoms with van der Waals surface area (Å²) in [6.07, 6.45) is -1.38. The number of hydrogen-bond donors (Lipinski definition) is 4. The number of aliphatic hydroxyl groups excluding tert-OH is 2. The van der Waals surface area contributed by atoms with E-state index in [0.29, 0.717) is 12.8 Å². The molecule has 5 heteroatoms. The van der Waals surface area contributed by atoms with Crippen molar-refractivity contribution < 1.29 is 20.1 Å². The fourth-order valence-corrected chi connectivity index (χ4v) is 2.03. The number of carbonyl (C=O) groups is 1. The summed E-state index contributed by atoms with van der Waals surface area (Å²) in [5, 5.41) is 31.3. The molecule has 4 N–H and O–H groups in total. The van der Waals surface area contributed by atoms with E-state index in [-0.39, 0.29) is 6.54 Å². The van der Waals surface area contributed by atoms with Crippen LogP contribution in [0.1, 0.15) is 12.0 Å². The topological polar surface area (TPSA) is 99.7 Å². The summed E-state index contributed by atoms with van der Waals surface area (Å²) in [6, 6.07) is 9.57. The van der Waals surface area contributed by atoms with Crippen LogP contribution < -0.4 is 5.32 Å². The molecule has 0 saturated carbocycles. The Bertz CT molecular complexity index is 416. The van der Waals surface area contributed by atoms with Crippen LogP contribution in [0.2, 0.25) is 0 Å². The van der Waals surface area contributed by atoms with Gasteiger partial charge < -0.3 is 15.3 Å². The van der Waals surface area contributed by atoms with Crippen LogP contribution >= 0.6 is 0 Å². The van der Waals surface area contributed by atoms with Crippen LogP contribution in [0.3, 0.4) is 0 Å². The van der Waals surface area contributed by atoms with Gasteiger partial charge in [-0.1, -0.05) is 30.3 Å². The summed E-state index contributed by atoms with van der Waals surface area (Å²) in [5.41, 5.74) is -0.298. The molecule has 1 saturated heterocycles. The maximum atomic E-state index is 11.0. The number of carboxylic acids is 1. The van der Waals surface area contributed by atoms with Gasteiger partial charge >= 0.3 is 5.97 Å². The van der Waals surface area contributed by atoms with Gasteiger partial charge in [-0.2, -0.15) is 0 Å². The second-order valence-corrected chi connectivity index (χ2v) is 4.67. The van der Waals surface area contributed by atoms with Crippen LogP contribution in [0.15, 0.2) is 30.3 Å². The lowest BCUT2D eigenvalue weighted by atomic mass is 9.94. The van der Waals surface area contributed by atoms with Crippen molar-refractivity contribution in [3.8, 4) is 0 Å². The number of rotatable bonds is 6. The summed E-state index contributed by atoms with van der Waals surface area (Å²) in [7, 11) is 0. The zero-order valence-electron chi connectivity index (χ0n) is 9.91. The molecule has 0 aliphatic carbocycles. The van der Waals surface area contributed by atoms with Gasteiger partial charge in [0.15, 0.2) is 5.54 Å². The zero-order valence-corrected chi connectivity index (χ0v) is 9.91. The fourth-order valence-electron chi connectivity index (χ4n) is 2.03. The third-order valence-electron chi connectivity index (χ3n) is 3.38. The first-order chi connectivity index (χ1) is 8.56. The van der Waals surface area contributed by atoms with Crippen LogP contribution in [0.25, 0.3) is 0 Å². The standard InChI is InChI=1S/C13H17NO4/c15-10(7-6-9-4-2-1-3-5-9)11(16)13(8-14-13)12(17)18/h1-5,10-11,14-16H,6-8H2,(H,17,18). The van der Waals surface area contributed by atoms with Crippen LogP contribution in [0.4, 0.5) is 0 Å². The molecule has 1 aliphatic heterocycles. The minimum absolute atomic E-state index is 0.200. The highest BCUT2D eigenvalue weighted by molar-refractivity contribution is 5.83. The van der Waals surface area contributed by atoms with Crippen LogP contribution in [-0.2, 0) is 11.2 Å². The number of aliphatic hydroxyl groups is 2. The fraction of sp³-hybridized carbons (Fsp3) is 0.462. The Balaban J connectivity index is 1.89. The molecule has 3 unspecified atom stereocenters. The third-order valence-corrected chi connectivity index (χ3v) is 3.38. The number of nitrogens with one attached hydrogen (secondary N) is 1. The van der Waals surface area contributed by atoms with Gasteiger partial charge in [-0.25, -0.2) is 0 Å². The number of aliphatic carboxylic acids is 1. The van der Waals surface area contributed by atoms with Gasteiger partial charge in [0.2, 0.25) is 0 Å². The predicted octanol–water partition coefficient (Wildman–Crippen LogP) is -0.232. The average molecular weight is 251 g/mol. The summed E-state index contributed by atoms with van der Waals surface area (Å²) in [4.78, 5) is 11.0. The zero-order chi connectivity index (χ0) is 13.2. The van der Waals surface area contributed by atoms with Gasteiger partial charge in [0.25, 0.3) is 0 Å². The van der Waals surface area contributed by atoms with E-state index in [1.54, 1.807) is 0 Å². The minimum atomic E-state index is -1.35.